The van der Waals surface area contributed by atoms with Crippen LogP contribution in [0.4, 0.5) is 5.69 Å². The second-order valence-corrected chi connectivity index (χ2v) is 7.37. The van der Waals surface area contributed by atoms with Gasteiger partial charge in [0.1, 0.15) is 0 Å². The van der Waals surface area contributed by atoms with Crippen LogP contribution in [-0.2, 0) is 10.5 Å². The van der Waals surface area contributed by atoms with Gasteiger partial charge in [0.2, 0.25) is 0 Å². The molecule has 0 saturated carbocycles. The Kier molecular flexibility index (Phi) is 6.50. The fourth-order valence-electron chi connectivity index (χ4n) is 2.60. The van der Waals surface area contributed by atoms with Crippen LogP contribution in [0, 0.1) is 6.92 Å². The molecule has 0 heterocycles. The molecule has 3 aromatic rings. The van der Waals surface area contributed by atoms with Crippen LogP contribution in [0.1, 0.15) is 31.8 Å². The lowest BCUT2D eigenvalue weighted by Gasteiger charge is -2.08. The SMILES string of the molecule is COC(=O)c1cccc(NC(=O)c2ccc(CSc3ccc(C)cc3)cc2)c1. The third-order valence-corrected chi connectivity index (χ3v) is 5.27. The molecule has 0 bridgehead atoms. The Labute approximate surface area is 168 Å². The molecule has 4 nitrogen and oxygen atoms in total. The van der Waals surface area contributed by atoms with Crippen molar-refractivity contribution in [2.45, 2.75) is 17.6 Å². The second-order valence-electron chi connectivity index (χ2n) is 6.33. The number of amides is 1. The molecular formula is C23H21NO3S. The van der Waals surface area contributed by atoms with Gasteiger partial charge in [0, 0.05) is 21.9 Å². The monoisotopic (exact) mass is 391 g/mol. The summed E-state index contributed by atoms with van der Waals surface area (Å²) < 4.78 is 4.70. The molecule has 0 spiro atoms. The van der Waals surface area contributed by atoms with E-state index in [1.807, 2.05) is 24.3 Å². The Morgan fingerprint density at radius 2 is 1.64 bits per heavy atom. The van der Waals surface area contributed by atoms with Gasteiger partial charge in [0.25, 0.3) is 5.91 Å². The number of rotatable bonds is 6. The van der Waals surface area contributed by atoms with Crippen molar-refractivity contribution in [2.24, 2.45) is 0 Å². The van der Waals surface area contributed by atoms with Gasteiger partial charge in [-0.3, -0.25) is 4.79 Å². The van der Waals surface area contributed by atoms with E-state index in [9.17, 15) is 9.59 Å². The highest BCUT2D eigenvalue weighted by molar-refractivity contribution is 7.98. The van der Waals surface area contributed by atoms with E-state index in [0.717, 1.165) is 11.3 Å². The molecule has 142 valence electrons. The van der Waals surface area contributed by atoms with Crippen LogP contribution in [0.15, 0.2) is 77.7 Å². The molecule has 0 unspecified atom stereocenters. The topological polar surface area (TPSA) is 55.4 Å². The van der Waals surface area contributed by atoms with E-state index >= 15 is 0 Å². The lowest BCUT2D eigenvalue weighted by Crippen LogP contribution is -2.12. The fraction of sp³-hybridized carbons (Fsp3) is 0.130. The molecule has 0 aliphatic carbocycles. The van der Waals surface area contributed by atoms with Crippen molar-refractivity contribution < 1.29 is 14.3 Å². The maximum atomic E-state index is 12.5. The van der Waals surface area contributed by atoms with E-state index in [0.29, 0.717) is 16.8 Å². The number of esters is 1. The summed E-state index contributed by atoms with van der Waals surface area (Å²) in [4.78, 5) is 25.3. The number of thioether (sulfide) groups is 1. The van der Waals surface area contributed by atoms with Gasteiger partial charge < -0.3 is 10.1 Å². The van der Waals surface area contributed by atoms with Crippen LogP contribution < -0.4 is 5.32 Å². The third kappa shape index (κ3) is 5.24. The van der Waals surface area contributed by atoms with E-state index in [1.54, 1.807) is 36.0 Å². The molecule has 0 saturated heterocycles. The molecule has 0 radical (unpaired) electrons. The van der Waals surface area contributed by atoms with Crippen molar-refractivity contribution in [3.8, 4) is 0 Å². The number of nitrogens with one attached hydrogen (secondary N) is 1. The highest BCUT2D eigenvalue weighted by Gasteiger charge is 2.09. The summed E-state index contributed by atoms with van der Waals surface area (Å²) in [7, 11) is 1.33. The first-order chi connectivity index (χ1) is 13.5. The molecule has 0 aromatic heterocycles. The molecule has 5 heteroatoms. The molecular weight excluding hydrogens is 370 g/mol. The molecule has 28 heavy (non-hydrogen) atoms. The van der Waals surface area contributed by atoms with Crippen LogP contribution in [0.3, 0.4) is 0 Å². The summed E-state index contributed by atoms with van der Waals surface area (Å²) >= 11 is 1.76. The van der Waals surface area contributed by atoms with Crippen molar-refractivity contribution in [1.29, 1.82) is 0 Å². The van der Waals surface area contributed by atoms with Crippen LogP contribution in [0.25, 0.3) is 0 Å². The van der Waals surface area contributed by atoms with E-state index in [2.05, 4.69) is 36.5 Å². The maximum absolute atomic E-state index is 12.5. The number of aryl methyl sites for hydroxylation is 1. The van der Waals surface area contributed by atoms with E-state index in [-0.39, 0.29) is 5.91 Å². The van der Waals surface area contributed by atoms with Crippen LogP contribution in [0.5, 0.6) is 0 Å². The summed E-state index contributed by atoms with van der Waals surface area (Å²) in [6.45, 7) is 2.07. The number of ether oxygens (including phenoxy) is 1. The first-order valence-electron chi connectivity index (χ1n) is 8.83. The minimum atomic E-state index is -0.438. The van der Waals surface area contributed by atoms with Crippen molar-refractivity contribution >= 4 is 29.3 Å². The number of carbonyl (C=O) groups is 2. The highest BCUT2D eigenvalue weighted by atomic mass is 32.2. The number of hydrogen-bond acceptors (Lipinski definition) is 4. The van der Waals surface area contributed by atoms with Crippen LogP contribution >= 0.6 is 11.8 Å². The standard InChI is InChI=1S/C23H21NO3S/c1-16-6-12-21(13-7-16)28-15-17-8-10-18(11-9-17)22(25)24-20-5-3-4-19(14-20)23(26)27-2/h3-14H,15H2,1-2H3,(H,24,25). The summed E-state index contributed by atoms with van der Waals surface area (Å²) in [5.41, 5.74) is 3.90. The Balaban J connectivity index is 1.60. The van der Waals surface area contributed by atoms with Crippen molar-refractivity contribution in [1.82, 2.24) is 0 Å². The van der Waals surface area contributed by atoms with Crippen LogP contribution in [-0.4, -0.2) is 19.0 Å². The zero-order valence-electron chi connectivity index (χ0n) is 15.8. The smallest absolute Gasteiger partial charge is 0.337 e. The van der Waals surface area contributed by atoms with Gasteiger partial charge in [-0.05, 0) is 55.0 Å². The quantitative estimate of drug-likeness (QED) is 0.456. The zero-order chi connectivity index (χ0) is 19.9. The molecule has 1 amide bonds. The molecule has 1 N–H and O–H groups in total. The van der Waals surface area contributed by atoms with E-state index < -0.39 is 5.97 Å². The van der Waals surface area contributed by atoms with E-state index in [4.69, 9.17) is 4.74 Å². The minimum Gasteiger partial charge on any atom is -0.465 e. The van der Waals surface area contributed by atoms with Gasteiger partial charge in [-0.2, -0.15) is 0 Å². The normalized spacial score (nSPS) is 10.4. The van der Waals surface area contributed by atoms with Gasteiger partial charge in [-0.25, -0.2) is 4.79 Å². The van der Waals surface area contributed by atoms with Gasteiger partial charge in [-0.1, -0.05) is 35.9 Å². The molecule has 3 aromatic carbocycles. The largest absolute Gasteiger partial charge is 0.465 e. The third-order valence-electron chi connectivity index (χ3n) is 4.18. The van der Waals surface area contributed by atoms with Gasteiger partial charge >= 0.3 is 5.97 Å². The Hall–Kier alpha value is -3.05. The number of anilines is 1. The predicted octanol–water partition coefficient (Wildman–Crippen LogP) is 5.33. The molecule has 0 fully saturated rings. The Bertz CT molecular complexity index is 966. The number of carbonyl (C=O) groups excluding carboxylic acids is 2. The van der Waals surface area contributed by atoms with Crippen molar-refractivity contribution in [3.05, 3.63) is 95.1 Å². The van der Waals surface area contributed by atoms with E-state index in [1.165, 1.54) is 17.6 Å². The fourth-order valence-corrected chi connectivity index (χ4v) is 3.45. The number of benzene rings is 3. The second kappa shape index (κ2) is 9.24. The Morgan fingerprint density at radius 1 is 0.929 bits per heavy atom. The maximum Gasteiger partial charge on any atom is 0.337 e. The van der Waals surface area contributed by atoms with Gasteiger partial charge in [0.15, 0.2) is 0 Å². The van der Waals surface area contributed by atoms with Gasteiger partial charge in [0.05, 0.1) is 12.7 Å². The van der Waals surface area contributed by atoms with Crippen molar-refractivity contribution in [3.63, 3.8) is 0 Å². The number of hydrogen-bond donors (Lipinski definition) is 1. The molecule has 0 atom stereocenters. The molecule has 3 rings (SSSR count). The summed E-state index contributed by atoms with van der Waals surface area (Å²) in [6.07, 6.45) is 0. The minimum absolute atomic E-state index is 0.222. The lowest BCUT2D eigenvalue weighted by atomic mass is 10.1. The lowest BCUT2D eigenvalue weighted by molar-refractivity contribution is 0.0600. The summed E-state index contributed by atoms with van der Waals surface area (Å²) in [6, 6.07) is 22.6. The van der Waals surface area contributed by atoms with Crippen LogP contribution in [0.2, 0.25) is 0 Å². The first-order valence-corrected chi connectivity index (χ1v) is 9.82. The first kappa shape index (κ1) is 19.7. The Morgan fingerprint density at radius 3 is 2.32 bits per heavy atom. The van der Waals surface area contributed by atoms with Gasteiger partial charge in [-0.15, -0.1) is 11.8 Å². The van der Waals surface area contributed by atoms with Crippen molar-refractivity contribution in [2.75, 3.05) is 12.4 Å². The molecule has 0 aliphatic rings. The predicted molar refractivity (Wildman–Crippen MR) is 113 cm³/mol. The average molecular weight is 391 g/mol. The summed E-state index contributed by atoms with van der Waals surface area (Å²) in [5, 5.41) is 2.81. The average Bonchev–Trinajstić information content (AvgIpc) is 2.73. The number of methoxy groups -OCH3 is 1. The summed E-state index contributed by atoms with van der Waals surface area (Å²) in [5.74, 6) is 0.179. The zero-order valence-corrected chi connectivity index (χ0v) is 16.6. The highest BCUT2D eigenvalue weighted by Crippen LogP contribution is 2.23. The molecule has 0 aliphatic heterocycles.